The molecule has 2 rings (SSSR count). The van der Waals surface area contributed by atoms with Crippen LogP contribution in [0.25, 0.3) is 0 Å². The SMILES string of the molecule is CC(C)c1ncc(N)c(C(=O)NC2(C)CCCOC2)n1. The van der Waals surface area contributed by atoms with Crippen LogP contribution in [0.1, 0.15) is 55.8 Å². The third-order valence-corrected chi connectivity index (χ3v) is 3.42. The van der Waals surface area contributed by atoms with Gasteiger partial charge in [-0.15, -0.1) is 0 Å². The minimum atomic E-state index is -0.356. The number of hydrogen-bond donors (Lipinski definition) is 2. The maximum Gasteiger partial charge on any atom is 0.272 e. The topological polar surface area (TPSA) is 90.1 Å². The van der Waals surface area contributed by atoms with Crippen LogP contribution in [0.2, 0.25) is 0 Å². The number of anilines is 1. The van der Waals surface area contributed by atoms with Crippen molar-refractivity contribution < 1.29 is 9.53 Å². The van der Waals surface area contributed by atoms with Gasteiger partial charge >= 0.3 is 0 Å². The van der Waals surface area contributed by atoms with Crippen molar-refractivity contribution in [2.45, 2.75) is 45.1 Å². The number of carbonyl (C=O) groups excluding carboxylic acids is 1. The number of nitrogens with two attached hydrogens (primary N) is 1. The molecule has 0 saturated carbocycles. The zero-order chi connectivity index (χ0) is 14.8. The number of aromatic nitrogens is 2. The molecular weight excluding hydrogens is 256 g/mol. The molecule has 0 spiro atoms. The first-order chi connectivity index (χ1) is 9.41. The van der Waals surface area contributed by atoms with Crippen molar-refractivity contribution in [2.24, 2.45) is 0 Å². The Kier molecular flexibility index (Phi) is 4.23. The third kappa shape index (κ3) is 3.25. The Hall–Kier alpha value is -1.69. The molecule has 3 N–H and O–H groups in total. The first kappa shape index (κ1) is 14.7. The maximum atomic E-state index is 12.4. The predicted octanol–water partition coefficient (Wildman–Crippen LogP) is 1.48. The zero-order valence-electron chi connectivity index (χ0n) is 12.3. The summed E-state index contributed by atoms with van der Waals surface area (Å²) in [7, 11) is 0. The lowest BCUT2D eigenvalue weighted by atomic mass is 9.94. The molecule has 1 unspecified atom stereocenters. The summed E-state index contributed by atoms with van der Waals surface area (Å²) in [5, 5.41) is 2.98. The lowest BCUT2D eigenvalue weighted by molar-refractivity contribution is 0.0271. The molecule has 0 radical (unpaired) electrons. The van der Waals surface area contributed by atoms with E-state index >= 15 is 0 Å². The van der Waals surface area contributed by atoms with Crippen LogP contribution in [0.15, 0.2) is 6.20 Å². The van der Waals surface area contributed by atoms with E-state index in [-0.39, 0.29) is 23.1 Å². The van der Waals surface area contributed by atoms with Gasteiger partial charge in [-0.25, -0.2) is 9.97 Å². The molecule has 1 aromatic rings. The molecule has 1 amide bonds. The summed E-state index contributed by atoms with van der Waals surface area (Å²) in [4.78, 5) is 20.8. The Morgan fingerprint density at radius 2 is 2.30 bits per heavy atom. The summed E-state index contributed by atoms with van der Waals surface area (Å²) in [6.45, 7) is 7.19. The second kappa shape index (κ2) is 5.75. The van der Waals surface area contributed by atoms with E-state index in [1.54, 1.807) is 0 Å². The smallest absolute Gasteiger partial charge is 0.272 e. The van der Waals surface area contributed by atoms with Crippen molar-refractivity contribution in [1.29, 1.82) is 0 Å². The van der Waals surface area contributed by atoms with Crippen molar-refractivity contribution >= 4 is 11.6 Å². The molecule has 110 valence electrons. The van der Waals surface area contributed by atoms with Gasteiger partial charge in [0.1, 0.15) is 5.82 Å². The average molecular weight is 278 g/mol. The largest absolute Gasteiger partial charge is 0.396 e. The number of hydrogen-bond acceptors (Lipinski definition) is 5. The van der Waals surface area contributed by atoms with Gasteiger partial charge in [0.15, 0.2) is 5.69 Å². The fourth-order valence-electron chi connectivity index (χ4n) is 2.23. The van der Waals surface area contributed by atoms with Gasteiger partial charge in [0.05, 0.1) is 24.0 Å². The molecule has 0 aromatic carbocycles. The first-order valence-corrected chi connectivity index (χ1v) is 6.94. The van der Waals surface area contributed by atoms with E-state index in [4.69, 9.17) is 10.5 Å². The Labute approximate surface area is 119 Å². The second-order valence-electron chi connectivity index (χ2n) is 5.86. The summed E-state index contributed by atoms with van der Waals surface area (Å²) in [5.74, 6) is 0.505. The number of nitrogen functional groups attached to an aromatic ring is 1. The molecule has 6 heteroatoms. The molecule has 2 heterocycles. The molecule has 1 aromatic heterocycles. The van der Waals surface area contributed by atoms with E-state index in [2.05, 4.69) is 15.3 Å². The average Bonchev–Trinajstić information content (AvgIpc) is 2.39. The van der Waals surface area contributed by atoms with Crippen LogP contribution >= 0.6 is 0 Å². The second-order valence-corrected chi connectivity index (χ2v) is 5.86. The Balaban J connectivity index is 2.18. The highest BCUT2D eigenvalue weighted by atomic mass is 16.5. The predicted molar refractivity (Wildman–Crippen MR) is 76.5 cm³/mol. The molecular formula is C14H22N4O2. The molecule has 1 aliphatic rings. The number of carbonyl (C=O) groups is 1. The van der Waals surface area contributed by atoms with Gasteiger partial charge in [-0.3, -0.25) is 4.79 Å². The van der Waals surface area contributed by atoms with Crippen LogP contribution in [0.5, 0.6) is 0 Å². The quantitative estimate of drug-likeness (QED) is 0.874. The van der Waals surface area contributed by atoms with E-state index in [0.717, 1.165) is 19.4 Å². The molecule has 0 aliphatic carbocycles. The van der Waals surface area contributed by atoms with Crippen LogP contribution in [-0.4, -0.2) is 34.6 Å². The maximum absolute atomic E-state index is 12.4. The zero-order valence-corrected chi connectivity index (χ0v) is 12.3. The molecule has 6 nitrogen and oxygen atoms in total. The van der Waals surface area contributed by atoms with Crippen molar-refractivity contribution in [3.63, 3.8) is 0 Å². The van der Waals surface area contributed by atoms with Crippen LogP contribution in [0, 0.1) is 0 Å². The van der Waals surface area contributed by atoms with Crippen molar-refractivity contribution in [2.75, 3.05) is 18.9 Å². The summed E-state index contributed by atoms with van der Waals surface area (Å²) < 4.78 is 5.44. The van der Waals surface area contributed by atoms with E-state index in [1.165, 1.54) is 6.20 Å². The highest BCUT2D eigenvalue weighted by Gasteiger charge is 2.30. The van der Waals surface area contributed by atoms with Gasteiger partial charge < -0.3 is 15.8 Å². The highest BCUT2D eigenvalue weighted by Crippen LogP contribution is 2.20. The van der Waals surface area contributed by atoms with Gasteiger partial charge in [-0.2, -0.15) is 0 Å². The van der Waals surface area contributed by atoms with E-state index < -0.39 is 0 Å². The number of ether oxygens (including phenoxy) is 1. The number of rotatable bonds is 3. The first-order valence-electron chi connectivity index (χ1n) is 6.94. The van der Waals surface area contributed by atoms with Gasteiger partial charge in [0, 0.05) is 12.5 Å². The van der Waals surface area contributed by atoms with Crippen molar-refractivity contribution in [1.82, 2.24) is 15.3 Å². The molecule has 1 saturated heterocycles. The minimum Gasteiger partial charge on any atom is -0.396 e. The molecule has 1 aliphatic heterocycles. The summed E-state index contributed by atoms with van der Waals surface area (Å²) in [6, 6.07) is 0. The minimum absolute atomic E-state index is 0.149. The van der Waals surface area contributed by atoms with E-state index in [9.17, 15) is 4.79 Å². The monoisotopic (exact) mass is 278 g/mol. The van der Waals surface area contributed by atoms with Gasteiger partial charge in [0.2, 0.25) is 0 Å². The molecule has 0 bridgehead atoms. The van der Waals surface area contributed by atoms with Gasteiger partial charge in [-0.05, 0) is 19.8 Å². The fraction of sp³-hybridized carbons (Fsp3) is 0.643. The molecule has 1 fully saturated rings. The third-order valence-electron chi connectivity index (χ3n) is 3.42. The van der Waals surface area contributed by atoms with Crippen molar-refractivity contribution in [3.8, 4) is 0 Å². The normalized spacial score (nSPS) is 22.8. The van der Waals surface area contributed by atoms with Crippen LogP contribution in [-0.2, 0) is 4.74 Å². The fourth-order valence-corrected chi connectivity index (χ4v) is 2.23. The number of amides is 1. The number of nitrogens with zero attached hydrogens (tertiary/aromatic N) is 2. The summed E-state index contributed by atoms with van der Waals surface area (Å²) in [6.07, 6.45) is 3.32. The van der Waals surface area contributed by atoms with Crippen LogP contribution in [0.3, 0.4) is 0 Å². The lowest BCUT2D eigenvalue weighted by Gasteiger charge is -2.34. The molecule has 20 heavy (non-hydrogen) atoms. The highest BCUT2D eigenvalue weighted by molar-refractivity contribution is 5.97. The molecule has 1 atom stereocenters. The van der Waals surface area contributed by atoms with Gasteiger partial charge in [0.25, 0.3) is 5.91 Å². The van der Waals surface area contributed by atoms with Crippen LogP contribution in [0.4, 0.5) is 5.69 Å². The van der Waals surface area contributed by atoms with Gasteiger partial charge in [-0.1, -0.05) is 13.8 Å². The lowest BCUT2D eigenvalue weighted by Crippen LogP contribution is -2.51. The van der Waals surface area contributed by atoms with E-state index in [1.807, 2.05) is 20.8 Å². The Bertz CT molecular complexity index is 496. The Morgan fingerprint density at radius 3 is 2.90 bits per heavy atom. The summed E-state index contributed by atoms with van der Waals surface area (Å²) in [5.41, 5.74) is 6.01. The van der Waals surface area contributed by atoms with Crippen LogP contribution < -0.4 is 11.1 Å². The van der Waals surface area contributed by atoms with Crippen molar-refractivity contribution in [3.05, 3.63) is 17.7 Å². The number of nitrogens with one attached hydrogen (secondary N) is 1. The van der Waals surface area contributed by atoms with E-state index in [0.29, 0.717) is 18.1 Å². The standard InChI is InChI=1S/C14H22N4O2/c1-9(2)12-16-7-10(15)11(17-12)13(19)18-14(3)5-4-6-20-8-14/h7,9H,4-6,8,15H2,1-3H3,(H,18,19). The summed E-state index contributed by atoms with van der Waals surface area (Å²) >= 11 is 0. The Morgan fingerprint density at radius 1 is 1.55 bits per heavy atom.